The topological polar surface area (TPSA) is 106 Å². The van der Waals surface area contributed by atoms with Crippen molar-refractivity contribution in [3.8, 4) is 0 Å². The Morgan fingerprint density at radius 1 is 1.21 bits per heavy atom. The van der Waals surface area contributed by atoms with Crippen LogP contribution in [0.4, 0.5) is 30.2 Å². The molecule has 0 atom stereocenters. The number of hydrogen-bond acceptors (Lipinski definition) is 6. The molecule has 0 saturated heterocycles. The van der Waals surface area contributed by atoms with E-state index >= 15 is 0 Å². The molecule has 2 rings (SSSR count). The molecule has 0 radical (unpaired) electrons. The van der Waals surface area contributed by atoms with E-state index in [1.807, 2.05) is 0 Å². The predicted octanol–water partition coefficient (Wildman–Crippen LogP) is 4.10. The molecule has 0 unspecified atom stereocenters. The van der Waals surface area contributed by atoms with Crippen molar-refractivity contribution in [2.75, 3.05) is 17.3 Å². The first-order chi connectivity index (χ1) is 13.6. The first-order valence-electron chi connectivity index (χ1n) is 8.07. The van der Waals surface area contributed by atoms with E-state index in [2.05, 4.69) is 16.2 Å². The van der Waals surface area contributed by atoms with E-state index in [4.69, 9.17) is 17.0 Å². The van der Waals surface area contributed by atoms with E-state index < -0.39 is 28.3 Å². The number of benzene rings is 2. The first-order valence-corrected chi connectivity index (χ1v) is 8.48. The van der Waals surface area contributed by atoms with Gasteiger partial charge in [-0.2, -0.15) is 13.2 Å². The first kappa shape index (κ1) is 21.9. The number of rotatable bonds is 6. The molecule has 2 aromatic carbocycles. The summed E-state index contributed by atoms with van der Waals surface area (Å²) in [6, 6.07) is 8.19. The molecule has 3 N–H and O–H groups in total. The summed E-state index contributed by atoms with van der Waals surface area (Å²) in [6.45, 7) is 1.93. The van der Waals surface area contributed by atoms with Crippen molar-refractivity contribution in [1.29, 1.82) is 0 Å². The van der Waals surface area contributed by atoms with Gasteiger partial charge in [0.05, 0.1) is 22.7 Å². The summed E-state index contributed by atoms with van der Waals surface area (Å²) in [5.74, 6) is -0.476. The second kappa shape index (κ2) is 9.19. The molecule has 0 bridgehead atoms. The number of carbonyl (C=O) groups is 1. The van der Waals surface area contributed by atoms with E-state index in [1.54, 1.807) is 19.1 Å². The van der Waals surface area contributed by atoms with Crippen LogP contribution in [-0.4, -0.2) is 22.6 Å². The van der Waals surface area contributed by atoms with Gasteiger partial charge in [-0.25, -0.2) is 4.79 Å². The Balaban J connectivity index is 2.02. The Morgan fingerprint density at radius 2 is 1.86 bits per heavy atom. The molecule has 12 heteroatoms. The Labute approximate surface area is 168 Å². The molecule has 154 valence electrons. The summed E-state index contributed by atoms with van der Waals surface area (Å²) in [4.78, 5) is 21.7. The summed E-state index contributed by atoms with van der Waals surface area (Å²) in [5, 5.41) is 13.8. The van der Waals surface area contributed by atoms with Crippen LogP contribution in [0, 0.1) is 10.1 Å². The van der Waals surface area contributed by atoms with Gasteiger partial charge in [-0.3, -0.25) is 21.0 Å². The van der Waals surface area contributed by atoms with E-state index in [0.29, 0.717) is 23.4 Å². The lowest BCUT2D eigenvalue weighted by atomic mass is 10.1. The van der Waals surface area contributed by atoms with Gasteiger partial charge in [-0.05, 0) is 55.5 Å². The molecule has 8 nitrogen and oxygen atoms in total. The lowest BCUT2D eigenvalue weighted by Gasteiger charge is -2.14. The Kier molecular flexibility index (Phi) is 6.93. The van der Waals surface area contributed by atoms with Crippen LogP contribution < -0.4 is 16.2 Å². The van der Waals surface area contributed by atoms with Gasteiger partial charge in [-0.1, -0.05) is 0 Å². The number of nitro groups is 1. The maximum atomic E-state index is 12.7. The molecular weight excluding hydrogens is 413 g/mol. The zero-order valence-electron chi connectivity index (χ0n) is 14.9. The monoisotopic (exact) mass is 428 g/mol. The summed E-state index contributed by atoms with van der Waals surface area (Å²) >= 11 is 5.03. The molecule has 0 aliphatic carbocycles. The van der Waals surface area contributed by atoms with Crippen molar-refractivity contribution >= 4 is 40.4 Å². The predicted molar refractivity (Wildman–Crippen MR) is 103 cm³/mol. The average molecular weight is 428 g/mol. The second-order valence-corrected chi connectivity index (χ2v) is 5.90. The standard InChI is InChI=1S/C17H15F3N4O4S/c1-2-28-15(25)10-3-6-12(7-4-10)21-16(29)23-22-13-8-5-11(17(18,19)20)9-14(13)24(26)27/h3-9,22H,2H2,1H3,(H2,21,23,29). The van der Waals surface area contributed by atoms with Crippen LogP contribution in [0.1, 0.15) is 22.8 Å². The summed E-state index contributed by atoms with van der Waals surface area (Å²) in [6.07, 6.45) is -4.71. The summed E-state index contributed by atoms with van der Waals surface area (Å²) in [5.41, 5.74) is 3.58. The molecule has 0 spiro atoms. The van der Waals surface area contributed by atoms with Gasteiger partial charge < -0.3 is 10.1 Å². The number of hydrazine groups is 1. The van der Waals surface area contributed by atoms with Crippen molar-refractivity contribution in [3.05, 3.63) is 63.7 Å². The number of halogens is 3. The third kappa shape index (κ3) is 6.04. The van der Waals surface area contributed by atoms with E-state index in [1.165, 1.54) is 12.1 Å². The molecule has 0 heterocycles. The smallest absolute Gasteiger partial charge is 0.416 e. The number of nitrogens with one attached hydrogen (secondary N) is 3. The van der Waals surface area contributed by atoms with Gasteiger partial charge in [0.1, 0.15) is 5.69 Å². The maximum Gasteiger partial charge on any atom is 0.416 e. The number of anilines is 2. The van der Waals surface area contributed by atoms with Crippen LogP contribution >= 0.6 is 12.2 Å². The lowest BCUT2D eigenvalue weighted by Crippen LogP contribution is -2.33. The quantitative estimate of drug-likeness (QED) is 0.273. The van der Waals surface area contributed by atoms with Crippen LogP contribution in [0.3, 0.4) is 0 Å². The van der Waals surface area contributed by atoms with Gasteiger partial charge in [0.2, 0.25) is 0 Å². The third-order valence-electron chi connectivity index (χ3n) is 3.49. The highest BCUT2D eigenvalue weighted by molar-refractivity contribution is 7.80. The fraction of sp³-hybridized carbons (Fsp3) is 0.176. The van der Waals surface area contributed by atoms with Gasteiger partial charge >= 0.3 is 12.1 Å². The molecule has 0 amide bonds. The number of carbonyl (C=O) groups excluding carboxylic acids is 1. The van der Waals surface area contributed by atoms with Crippen LogP contribution in [0.25, 0.3) is 0 Å². The van der Waals surface area contributed by atoms with Gasteiger partial charge in [0, 0.05) is 11.8 Å². The fourth-order valence-corrected chi connectivity index (χ4v) is 2.32. The molecule has 0 saturated carbocycles. The molecule has 29 heavy (non-hydrogen) atoms. The minimum Gasteiger partial charge on any atom is -0.462 e. The van der Waals surface area contributed by atoms with Crippen LogP contribution in [0.15, 0.2) is 42.5 Å². The number of nitro benzene ring substituents is 1. The van der Waals surface area contributed by atoms with E-state index in [-0.39, 0.29) is 17.4 Å². The summed E-state index contributed by atoms with van der Waals surface area (Å²) < 4.78 is 43.0. The number of esters is 1. The lowest BCUT2D eigenvalue weighted by molar-refractivity contribution is -0.384. The number of nitrogens with zero attached hydrogens (tertiary/aromatic N) is 1. The number of alkyl halides is 3. The van der Waals surface area contributed by atoms with Gasteiger partial charge in [-0.15, -0.1) is 0 Å². The van der Waals surface area contributed by atoms with Crippen molar-refractivity contribution in [2.45, 2.75) is 13.1 Å². The van der Waals surface area contributed by atoms with Crippen molar-refractivity contribution in [1.82, 2.24) is 5.43 Å². The molecular formula is C17H15F3N4O4S. The molecule has 0 aliphatic heterocycles. The van der Waals surface area contributed by atoms with Gasteiger partial charge in [0.15, 0.2) is 5.11 Å². The minimum absolute atomic E-state index is 0.0110. The highest BCUT2D eigenvalue weighted by Crippen LogP contribution is 2.34. The van der Waals surface area contributed by atoms with Crippen LogP contribution in [0.2, 0.25) is 0 Å². The number of hydrogen-bond donors (Lipinski definition) is 3. The van der Waals surface area contributed by atoms with E-state index in [9.17, 15) is 28.1 Å². The zero-order valence-corrected chi connectivity index (χ0v) is 15.7. The Bertz CT molecular complexity index is 920. The minimum atomic E-state index is -4.71. The summed E-state index contributed by atoms with van der Waals surface area (Å²) in [7, 11) is 0. The third-order valence-corrected chi connectivity index (χ3v) is 3.69. The normalized spacial score (nSPS) is 10.8. The largest absolute Gasteiger partial charge is 0.462 e. The zero-order chi connectivity index (χ0) is 21.6. The molecule has 0 aliphatic rings. The molecule has 0 aromatic heterocycles. The van der Waals surface area contributed by atoms with Crippen molar-refractivity contribution < 1.29 is 27.6 Å². The maximum absolute atomic E-state index is 12.7. The number of thiocarbonyl (C=S) groups is 1. The fourth-order valence-electron chi connectivity index (χ4n) is 2.16. The molecule has 0 fully saturated rings. The number of ether oxygens (including phenoxy) is 1. The highest BCUT2D eigenvalue weighted by atomic mass is 32.1. The van der Waals surface area contributed by atoms with Crippen LogP contribution in [0.5, 0.6) is 0 Å². The van der Waals surface area contributed by atoms with Crippen LogP contribution in [-0.2, 0) is 10.9 Å². The van der Waals surface area contributed by atoms with Crippen molar-refractivity contribution in [2.24, 2.45) is 0 Å². The van der Waals surface area contributed by atoms with Crippen molar-refractivity contribution in [3.63, 3.8) is 0 Å². The highest BCUT2D eigenvalue weighted by Gasteiger charge is 2.33. The average Bonchev–Trinajstić information content (AvgIpc) is 2.66. The Hall–Kier alpha value is -3.41. The SMILES string of the molecule is CCOC(=O)c1ccc(NC(=S)NNc2ccc(C(F)(F)F)cc2[N+](=O)[O-])cc1. The Morgan fingerprint density at radius 3 is 2.41 bits per heavy atom. The molecule has 2 aromatic rings. The van der Waals surface area contributed by atoms with E-state index in [0.717, 1.165) is 6.07 Å². The van der Waals surface area contributed by atoms with Gasteiger partial charge in [0.25, 0.3) is 5.69 Å². The second-order valence-electron chi connectivity index (χ2n) is 5.49.